The number of fused-ring (bicyclic) bond motifs is 1. The van der Waals surface area contributed by atoms with Crippen molar-refractivity contribution in [1.82, 2.24) is 19.5 Å². The predicted molar refractivity (Wildman–Crippen MR) is 82.9 cm³/mol. The van der Waals surface area contributed by atoms with E-state index in [9.17, 15) is 0 Å². The summed E-state index contributed by atoms with van der Waals surface area (Å²) < 4.78 is 2.06. The molecule has 0 bridgehead atoms. The van der Waals surface area contributed by atoms with Crippen molar-refractivity contribution >= 4 is 45.7 Å². The zero-order valence-corrected chi connectivity index (χ0v) is 13.1. The first-order valence-electron chi connectivity index (χ1n) is 6.15. The third kappa shape index (κ3) is 2.66. The van der Waals surface area contributed by atoms with Crippen molar-refractivity contribution < 1.29 is 0 Å². The molecule has 0 aliphatic rings. The molecular formula is C13H12Cl2N4S. The fourth-order valence-electron chi connectivity index (χ4n) is 2.09. The van der Waals surface area contributed by atoms with Crippen LogP contribution in [0.2, 0.25) is 5.02 Å². The number of imidazole rings is 1. The highest BCUT2D eigenvalue weighted by Crippen LogP contribution is 2.21. The molecule has 0 spiro atoms. The Morgan fingerprint density at radius 1 is 1.35 bits per heavy atom. The molecule has 3 aromatic heterocycles. The quantitative estimate of drug-likeness (QED) is 0.687. The van der Waals surface area contributed by atoms with Crippen LogP contribution in [0.1, 0.15) is 16.5 Å². The smallest absolute Gasteiger partial charge is 0.160 e. The third-order valence-electron chi connectivity index (χ3n) is 2.91. The lowest BCUT2D eigenvalue weighted by molar-refractivity contribution is 0.742. The molecule has 20 heavy (non-hydrogen) atoms. The number of pyridine rings is 1. The van der Waals surface area contributed by atoms with E-state index in [1.165, 1.54) is 0 Å². The SMILES string of the molecule is Cc1csc(Cn2c(CCCl)nc3cc(Cl)cnc32)n1. The summed E-state index contributed by atoms with van der Waals surface area (Å²) in [5, 5.41) is 3.67. The average molecular weight is 327 g/mol. The molecular weight excluding hydrogens is 315 g/mol. The number of aryl methyl sites for hydroxylation is 2. The summed E-state index contributed by atoms with van der Waals surface area (Å²) in [5.41, 5.74) is 2.65. The first-order valence-corrected chi connectivity index (χ1v) is 7.94. The number of hydrogen-bond acceptors (Lipinski definition) is 4. The Bertz CT molecular complexity index is 750. The monoisotopic (exact) mass is 326 g/mol. The number of aromatic nitrogens is 4. The summed E-state index contributed by atoms with van der Waals surface area (Å²) in [6, 6.07) is 1.82. The minimum atomic E-state index is 0.522. The third-order valence-corrected chi connectivity index (χ3v) is 4.26. The van der Waals surface area contributed by atoms with E-state index in [1.807, 2.05) is 18.4 Å². The van der Waals surface area contributed by atoms with Crippen molar-refractivity contribution in [3.8, 4) is 0 Å². The van der Waals surface area contributed by atoms with E-state index in [0.29, 0.717) is 23.9 Å². The largest absolute Gasteiger partial charge is 0.306 e. The molecule has 0 fully saturated rings. The molecule has 3 rings (SSSR count). The molecule has 3 heterocycles. The van der Waals surface area contributed by atoms with Crippen LogP contribution < -0.4 is 0 Å². The Morgan fingerprint density at radius 2 is 2.20 bits per heavy atom. The van der Waals surface area contributed by atoms with E-state index in [0.717, 1.165) is 27.7 Å². The van der Waals surface area contributed by atoms with Crippen LogP contribution in [-0.4, -0.2) is 25.4 Å². The van der Waals surface area contributed by atoms with Crippen molar-refractivity contribution in [2.24, 2.45) is 0 Å². The zero-order valence-electron chi connectivity index (χ0n) is 10.8. The van der Waals surface area contributed by atoms with E-state index in [1.54, 1.807) is 17.5 Å². The van der Waals surface area contributed by atoms with Crippen molar-refractivity contribution in [3.05, 3.63) is 39.2 Å². The van der Waals surface area contributed by atoms with Gasteiger partial charge in [-0.05, 0) is 13.0 Å². The van der Waals surface area contributed by atoms with E-state index >= 15 is 0 Å². The van der Waals surface area contributed by atoms with Gasteiger partial charge in [-0.15, -0.1) is 22.9 Å². The number of nitrogens with zero attached hydrogens (tertiary/aromatic N) is 4. The average Bonchev–Trinajstić information content (AvgIpc) is 2.95. The second-order valence-corrected chi connectivity index (χ2v) is 6.19. The Morgan fingerprint density at radius 3 is 2.90 bits per heavy atom. The van der Waals surface area contributed by atoms with Crippen molar-refractivity contribution in [2.75, 3.05) is 5.88 Å². The molecule has 0 aromatic carbocycles. The van der Waals surface area contributed by atoms with Crippen LogP contribution >= 0.6 is 34.5 Å². The molecule has 0 aliphatic heterocycles. The van der Waals surface area contributed by atoms with Crippen molar-refractivity contribution in [1.29, 1.82) is 0 Å². The highest BCUT2D eigenvalue weighted by Gasteiger charge is 2.13. The minimum absolute atomic E-state index is 0.522. The van der Waals surface area contributed by atoms with Crippen LogP contribution in [0.25, 0.3) is 11.2 Å². The molecule has 7 heteroatoms. The topological polar surface area (TPSA) is 43.6 Å². The van der Waals surface area contributed by atoms with Gasteiger partial charge >= 0.3 is 0 Å². The van der Waals surface area contributed by atoms with Gasteiger partial charge in [0.05, 0.1) is 11.6 Å². The van der Waals surface area contributed by atoms with Crippen LogP contribution in [0.3, 0.4) is 0 Å². The molecule has 0 N–H and O–H groups in total. The summed E-state index contributed by atoms with van der Waals surface area (Å²) in [6.45, 7) is 2.65. The Labute approximate surface area is 130 Å². The van der Waals surface area contributed by atoms with Crippen molar-refractivity contribution in [2.45, 2.75) is 19.9 Å². The lowest BCUT2D eigenvalue weighted by atomic mass is 10.4. The van der Waals surface area contributed by atoms with Gasteiger partial charge < -0.3 is 4.57 Å². The van der Waals surface area contributed by atoms with Crippen molar-refractivity contribution in [3.63, 3.8) is 0 Å². The van der Waals surface area contributed by atoms with Crippen LogP contribution in [0.15, 0.2) is 17.6 Å². The van der Waals surface area contributed by atoms with Crippen LogP contribution in [-0.2, 0) is 13.0 Å². The first kappa shape index (κ1) is 13.8. The molecule has 0 saturated heterocycles. The second kappa shape index (κ2) is 5.68. The molecule has 3 aromatic rings. The van der Waals surface area contributed by atoms with Crippen LogP contribution in [0, 0.1) is 6.92 Å². The Kier molecular flexibility index (Phi) is 3.92. The van der Waals surface area contributed by atoms with Gasteiger partial charge in [0.2, 0.25) is 0 Å². The maximum atomic E-state index is 5.97. The zero-order chi connectivity index (χ0) is 14.1. The van der Waals surface area contributed by atoms with E-state index in [2.05, 4.69) is 19.5 Å². The number of halogens is 2. The van der Waals surface area contributed by atoms with Gasteiger partial charge in [0.1, 0.15) is 16.3 Å². The molecule has 4 nitrogen and oxygen atoms in total. The van der Waals surface area contributed by atoms with E-state index in [-0.39, 0.29) is 0 Å². The van der Waals surface area contributed by atoms with Gasteiger partial charge in [0.15, 0.2) is 5.65 Å². The summed E-state index contributed by atoms with van der Waals surface area (Å²) in [7, 11) is 0. The first-order chi connectivity index (χ1) is 9.67. The second-order valence-electron chi connectivity index (χ2n) is 4.43. The summed E-state index contributed by atoms with van der Waals surface area (Å²) >= 11 is 13.5. The lowest BCUT2D eigenvalue weighted by Crippen LogP contribution is -2.06. The Balaban J connectivity index is 2.08. The van der Waals surface area contributed by atoms with Gasteiger partial charge in [-0.3, -0.25) is 0 Å². The van der Waals surface area contributed by atoms with Gasteiger partial charge in [-0.2, -0.15) is 0 Å². The summed E-state index contributed by atoms with van der Waals surface area (Å²) in [4.78, 5) is 13.5. The molecule has 0 atom stereocenters. The van der Waals surface area contributed by atoms with Gasteiger partial charge in [0.25, 0.3) is 0 Å². The molecule has 0 amide bonds. The highest BCUT2D eigenvalue weighted by molar-refractivity contribution is 7.09. The number of thiazole rings is 1. The fraction of sp³-hybridized carbons (Fsp3) is 0.308. The van der Waals surface area contributed by atoms with Gasteiger partial charge in [-0.1, -0.05) is 11.6 Å². The maximum Gasteiger partial charge on any atom is 0.160 e. The highest BCUT2D eigenvalue weighted by atomic mass is 35.5. The van der Waals surface area contributed by atoms with Gasteiger partial charge in [0, 0.05) is 29.6 Å². The van der Waals surface area contributed by atoms with E-state index in [4.69, 9.17) is 23.2 Å². The maximum absolute atomic E-state index is 5.97. The predicted octanol–water partition coefficient (Wildman–Crippen LogP) is 3.68. The minimum Gasteiger partial charge on any atom is -0.306 e. The van der Waals surface area contributed by atoms with Crippen LogP contribution in [0.5, 0.6) is 0 Å². The van der Waals surface area contributed by atoms with Crippen LogP contribution in [0.4, 0.5) is 0 Å². The number of alkyl halides is 1. The molecule has 104 valence electrons. The normalized spacial score (nSPS) is 11.3. The fourth-order valence-corrected chi connectivity index (χ4v) is 3.17. The lowest BCUT2D eigenvalue weighted by Gasteiger charge is -2.05. The summed E-state index contributed by atoms with van der Waals surface area (Å²) in [5.74, 6) is 1.44. The standard InChI is InChI=1S/C13H12Cl2N4S/c1-8-7-20-12(17-8)6-19-11(2-3-14)18-10-4-9(15)5-16-13(10)19/h4-5,7H,2-3,6H2,1H3. The summed E-state index contributed by atoms with van der Waals surface area (Å²) in [6.07, 6.45) is 2.33. The Hall–Kier alpha value is -1.17. The van der Waals surface area contributed by atoms with E-state index < -0.39 is 0 Å². The molecule has 0 radical (unpaired) electrons. The van der Waals surface area contributed by atoms with Gasteiger partial charge in [-0.25, -0.2) is 15.0 Å². The molecule has 0 unspecified atom stereocenters. The molecule has 0 saturated carbocycles. The molecule has 0 aliphatic carbocycles. The number of rotatable bonds is 4. The number of hydrogen-bond donors (Lipinski definition) is 0.